The molecule has 0 amide bonds. The molecule has 2 rings (SSSR count). The molecule has 0 aromatic heterocycles. The van der Waals surface area contributed by atoms with Gasteiger partial charge in [0.15, 0.2) is 6.29 Å². The molecule has 1 saturated heterocycles. The van der Waals surface area contributed by atoms with Gasteiger partial charge in [-0.25, -0.2) is 0 Å². The molecule has 0 unspecified atom stereocenters. The van der Waals surface area contributed by atoms with E-state index >= 15 is 0 Å². The van der Waals surface area contributed by atoms with E-state index < -0.39 is 0 Å². The van der Waals surface area contributed by atoms with Crippen molar-refractivity contribution in [2.75, 3.05) is 20.3 Å². The molecule has 0 saturated carbocycles. The summed E-state index contributed by atoms with van der Waals surface area (Å²) >= 11 is 2.03. The number of halogens is 1. The van der Waals surface area contributed by atoms with Gasteiger partial charge in [-0.15, -0.1) is 0 Å². The third-order valence-electron chi connectivity index (χ3n) is 2.99. The Labute approximate surface area is 121 Å². The second kappa shape index (κ2) is 7.46. The van der Waals surface area contributed by atoms with Crippen LogP contribution in [0.3, 0.4) is 0 Å². The van der Waals surface area contributed by atoms with Gasteiger partial charge in [0.1, 0.15) is 6.10 Å². The van der Waals surface area contributed by atoms with Crippen LogP contribution in [0.25, 0.3) is 0 Å². The Morgan fingerprint density at radius 2 is 2.11 bits per heavy atom. The molecule has 5 heteroatoms. The van der Waals surface area contributed by atoms with Crippen LogP contribution in [0.4, 0.5) is 0 Å². The number of rotatable bonds is 4. The minimum Gasteiger partial charge on any atom is -0.375 e. The van der Waals surface area contributed by atoms with E-state index in [9.17, 15) is 0 Å². The van der Waals surface area contributed by atoms with Crippen LogP contribution in [0.1, 0.15) is 12.8 Å². The van der Waals surface area contributed by atoms with Crippen molar-refractivity contribution >= 4 is 22.6 Å². The van der Waals surface area contributed by atoms with Crippen molar-refractivity contribution in [3.63, 3.8) is 0 Å². The van der Waals surface area contributed by atoms with Gasteiger partial charge in [0.2, 0.25) is 0 Å². The van der Waals surface area contributed by atoms with E-state index in [2.05, 4.69) is 9.85 Å². The average molecular weight is 364 g/mol. The maximum absolute atomic E-state index is 5.98. The van der Waals surface area contributed by atoms with Gasteiger partial charge in [-0.1, -0.05) is 18.1 Å². The molecule has 0 bridgehead atoms. The Kier molecular flexibility index (Phi) is 5.92. The summed E-state index contributed by atoms with van der Waals surface area (Å²) in [6.07, 6.45) is 5.29. The number of hydrogen-bond donors (Lipinski definition) is 0. The molecule has 100 valence electrons. The quantitative estimate of drug-likeness (QED) is 0.434. The first-order valence-electron chi connectivity index (χ1n) is 6.01. The van der Waals surface area contributed by atoms with Crippen molar-refractivity contribution in [2.45, 2.75) is 37.4 Å². The summed E-state index contributed by atoms with van der Waals surface area (Å²) in [5.74, 6) is 3.03. The molecule has 2 aliphatic heterocycles. The van der Waals surface area contributed by atoms with E-state index in [1.807, 2.05) is 34.7 Å². The first-order chi connectivity index (χ1) is 8.83. The smallest absolute Gasteiger partial charge is 0.160 e. The molecule has 0 aliphatic carbocycles. The Balaban J connectivity index is 1.90. The molecule has 0 radical (unpaired) electrons. The summed E-state index contributed by atoms with van der Waals surface area (Å²) in [6.45, 7) is 1.34. The first-order valence-corrected chi connectivity index (χ1v) is 7.09. The van der Waals surface area contributed by atoms with Crippen molar-refractivity contribution in [3.05, 3.63) is 12.2 Å². The summed E-state index contributed by atoms with van der Waals surface area (Å²) in [5.41, 5.74) is 0. The molecule has 2 heterocycles. The Hall–Kier alpha value is -0.130. The van der Waals surface area contributed by atoms with E-state index in [4.69, 9.17) is 18.9 Å². The highest BCUT2D eigenvalue weighted by Gasteiger charge is 2.29. The van der Waals surface area contributed by atoms with Crippen LogP contribution in [-0.2, 0) is 18.9 Å². The molecular weight excluding hydrogens is 347 g/mol. The summed E-state index contributed by atoms with van der Waals surface area (Å²) in [4.78, 5) is 0. The lowest BCUT2D eigenvalue weighted by atomic mass is 10.0. The van der Waals surface area contributed by atoms with Crippen LogP contribution in [0.5, 0.6) is 0 Å². The fourth-order valence-corrected chi connectivity index (χ4v) is 2.33. The van der Waals surface area contributed by atoms with Gasteiger partial charge in [0, 0.05) is 42.5 Å². The Morgan fingerprint density at radius 3 is 2.78 bits per heavy atom. The Bertz CT molecular complexity index is 341. The fraction of sp³-hybridized carbons (Fsp3) is 0.692. The van der Waals surface area contributed by atoms with Crippen LogP contribution >= 0.6 is 22.6 Å². The summed E-state index contributed by atoms with van der Waals surface area (Å²) < 4.78 is 25.1. The monoisotopic (exact) mass is 364 g/mol. The van der Waals surface area contributed by atoms with Crippen molar-refractivity contribution in [3.8, 4) is 9.85 Å². The van der Waals surface area contributed by atoms with Crippen molar-refractivity contribution in [1.29, 1.82) is 0 Å². The molecule has 0 aromatic carbocycles. The molecule has 18 heavy (non-hydrogen) atoms. The second-order valence-electron chi connectivity index (χ2n) is 4.18. The van der Waals surface area contributed by atoms with Gasteiger partial charge in [-0.2, -0.15) is 0 Å². The normalized spacial score (nSPS) is 32.2. The lowest BCUT2D eigenvalue weighted by Gasteiger charge is -2.31. The van der Waals surface area contributed by atoms with Crippen LogP contribution in [0, 0.1) is 9.85 Å². The maximum atomic E-state index is 5.98. The molecule has 3 atom stereocenters. The van der Waals surface area contributed by atoms with Gasteiger partial charge in [-0.3, -0.25) is 0 Å². The van der Waals surface area contributed by atoms with Crippen LogP contribution in [0.2, 0.25) is 0 Å². The van der Waals surface area contributed by atoms with Crippen molar-refractivity contribution in [2.24, 2.45) is 0 Å². The molecular formula is C13H17IO4. The first kappa shape index (κ1) is 14.3. The van der Waals surface area contributed by atoms with Gasteiger partial charge in [0.05, 0.1) is 25.4 Å². The van der Waals surface area contributed by atoms with Crippen LogP contribution in [-0.4, -0.2) is 44.9 Å². The van der Waals surface area contributed by atoms with Gasteiger partial charge in [0.25, 0.3) is 0 Å². The summed E-state index contributed by atoms with van der Waals surface area (Å²) in [5, 5.41) is 0. The third kappa shape index (κ3) is 3.93. The number of methoxy groups -OCH3 is 1. The highest BCUT2D eigenvalue weighted by atomic mass is 127. The Morgan fingerprint density at radius 1 is 1.33 bits per heavy atom. The van der Waals surface area contributed by atoms with E-state index in [1.165, 1.54) is 0 Å². The highest BCUT2D eigenvalue weighted by Crippen LogP contribution is 2.22. The molecule has 1 fully saturated rings. The van der Waals surface area contributed by atoms with Crippen LogP contribution in [0.15, 0.2) is 12.2 Å². The predicted molar refractivity (Wildman–Crippen MR) is 75.3 cm³/mol. The van der Waals surface area contributed by atoms with Gasteiger partial charge < -0.3 is 18.9 Å². The summed E-state index contributed by atoms with van der Waals surface area (Å²) in [6, 6.07) is 0. The minimum atomic E-state index is -0.143. The molecule has 0 N–H and O–H groups in total. The lowest BCUT2D eigenvalue weighted by Crippen LogP contribution is -2.37. The maximum Gasteiger partial charge on any atom is 0.160 e. The third-order valence-corrected chi connectivity index (χ3v) is 3.37. The number of hydrogen-bond acceptors (Lipinski definition) is 4. The molecule has 0 aromatic rings. The molecule has 4 nitrogen and oxygen atoms in total. The zero-order valence-electron chi connectivity index (χ0n) is 10.3. The van der Waals surface area contributed by atoms with E-state index in [0.717, 1.165) is 6.42 Å². The van der Waals surface area contributed by atoms with E-state index in [1.54, 1.807) is 7.11 Å². The minimum absolute atomic E-state index is 0.0144. The average Bonchev–Trinajstić information content (AvgIpc) is 2.89. The molecule has 0 spiro atoms. The standard InChI is InChI=1S/C13H17IO4/c1-15-11-5-4-10(9-13-16-7-8-17-13)18-12(11)3-2-6-14/h4-5,10-13H,3,7-9H2,1H3/t10-,11-,12+/m0/s1. The SMILES string of the molecule is CO[C@H]1C=C[C@@H](CC2OCCO2)O[C@@H]1CC#CI. The van der Waals surface area contributed by atoms with Gasteiger partial charge >= 0.3 is 0 Å². The second-order valence-corrected chi connectivity index (χ2v) is 4.72. The lowest BCUT2D eigenvalue weighted by molar-refractivity contribution is -0.111. The van der Waals surface area contributed by atoms with Gasteiger partial charge in [-0.05, 0) is 3.93 Å². The van der Waals surface area contributed by atoms with Crippen LogP contribution < -0.4 is 0 Å². The number of ether oxygens (including phenoxy) is 4. The fourth-order valence-electron chi connectivity index (χ4n) is 2.11. The topological polar surface area (TPSA) is 36.9 Å². The molecule has 2 aliphatic rings. The van der Waals surface area contributed by atoms with Crippen molar-refractivity contribution < 1.29 is 18.9 Å². The predicted octanol–water partition coefficient (Wildman–Crippen LogP) is 1.87. The highest BCUT2D eigenvalue weighted by molar-refractivity contribution is 14.1. The van der Waals surface area contributed by atoms with E-state index in [-0.39, 0.29) is 24.6 Å². The zero-order chi connectivity index (χ0) is 12.8. The zero-order valence-corrected chi connectivity index (χ0v) is 12.5. The van der Waals surface area contributed by atoms with Crippen molar-refractivity contribution in [1.82, 2.24) is 0 Å². The van der Waals surface area contributed by atoms with E-state index in [0.29, 0.717) is 19.6 Å². The largest absolute Gasteiger partial charge is 0.375 e. The summed E-state index contributed by atoms with van der Waals surface area (Å²) in [7, 11) is 1.69.